The first-order valence-electron chi connectivity index (χ1n) is 6.13. The van der Waals surface area contributed by atoms with Gasteiger partial charge in [0.25, 0.3) is 0 Å². The van der Waals surface area contributed by atoms with Crippen molar-refractivity contribution in [1.82, 2.24) is 0 Å². The molecule has 1 amide bonds. The van der Waals surface area contributed by atoms with Gasteiger partial charge in [-0.15, -0.1) is 11.8 Å². The molecule has 0 radical (unpaired) electrons. The van der Waals surface area contributed by atoms with Gasteiger partial charge in [0.05, 0.1) is 11.6 Å². The minimum absolute atomic E-state index is 0.0352. The van der Waals surface area contributed by atoms with Crippen LogP contribution >= 0.6 is 34.4 Å². The number of hydrogen-bond donors (Lipinski definition) is 1. The van der Waals surface area contributed by atoms with E-state index in [0.29, 0.717) is 9.26 Å². The summed E-state index contributed by atoms with van der Waals surface area (Å²) in [5, 5.41) is 2.89. The lowest BCUT2D eigenvalue weighted by atomic mass is 10.0. The minimum Gasteiger partial charge on any atom is -0.325 e. The summed E-state index contributed by atoms with van der Waals surface area (Å²) < 4.78 is 13.8. The first kappa shape index (κ1) is 13.9. The van der Waals surface area contributed by atoms with Crippen LogP contribution in [0.3, 0.4) is 0 Å². The molecule has 0 bridgehead atoms. The van der Waals surface area contributed by atoms with E-state index >= 15 is 0 Å². The molecule has 0 aromatic heterocycles. The quantitative estimate of drug-likeness (QED) is 0.765. The third-order valence-corrected chi connectivity index (χ3v) is 5.28. The van der Waals surface area contributed by atoms with Crippen molar-refractivity contribution >= 4 is 45.9 Å². The van der Waals surface area contributed by atoms with Gasteiger partial charge in [-0.3, -0.25) is 4.79 Å². The summed E-state index contributed by atoms with van der Waals surface area (Å²) in [6, 6.07) is 12.3. The van der Waals surface area contributed by atoms with Crippen molar-refractivity contribution < 1.29 is 9.18 Å². The summed E-state index contributed by atoms with van der Waals surface area (Å²) in [4.78, 5) is 13.6. The van der Waals surface area contributed by atoms with E-state index in [1.165, 1.54) is 17.0 Å². The Hall–Kier alpha value is -1.08. The highest BCUT2D eigenvalue weighted by molar-refractivity contribution is 14.1. The molecule has 1 atom stereocenters. The molecular weight excluding hydrogens is 388 g/mol. The van der Waals surface area contributed by atoms with Gasteiger partial charge in [-0.1, -0.05) is 18.2 Å². The smallest absolute Gasteiger partial charge is 0.232 e. The molecule has 1 unspecified atom stereocenters. The number of hydrogen-bond acceptors (Lipinski definition) is 2. The van der Waals surface area contributed by atoms with Gasteiger partial charge in [-0.05, 0) is 52.4 Å². The summed E-state index contributed by atoms with van der Waals surface area (Å²) >= 11 is 3.72. The highest BCUT2D eigenvalue weighted by Crippen LogP contribution is 2.39. The molecule has 102 valence electrons. The third-order valence-electron chi connectivity index (χ3n) is 3.21. The number of carbonyl (C=O) groups is 1. The number of anilines is 1. The summed E-state index contributed by atoms with van der Waals surface area (Å²) in [5.41, 5.74) is 1.73. The second-order valence-electron chi connectivity index (χ2n) is 4.51. The van der Waals surface area contributed by atoms with E-state index in [1.807, 2.05) is 46.9 Å². The molecule has 1 N–H and O–H groups in total. The fourth-order valence-electron chi connectivity index (χ4n) is 2.19. The molecule has 1 aliphatic rings. The van der Waals surface area contributed by atoms with Gasteiger partial charge in [0.2, 0.25) is 5.91 Å². The zero-order valence-corrected chi connectivity index (χ0v) is 13.4. The predicted molar refractivity (Wildman–Crippen MR) is 87.7 cm³/mol. The number of benzene rings is 2. The molecule has 1 aliphatic heterocycles. The second kappa shape index (κ2) is 5.73. The molecular formula is C15H11FINOS. The highest BCUT2D eigenvalue weighted by Gasteiger charge is 2.29. The normalized spacial score (nSPS) is 16.8. The Bertz CT molecular complexity index is 677. The number of nitrogens with one attached hydrogen (secondary N) is 1. The van der Waals surface area contributed by atoms with Gasteiger partial charge in [0, 0.05) is 14.2 Å². The molecule has 20 heavy (non-hydrogen) atoms. The predicted octanol–water partition coefficient (Wildman–Crippen LogP) is 4.26. The van der Waals surface area contributed by atoms with Gasteiger partial charge in [-0.2, -0.15) is 0 Å². The van der Waals surface area contributed by atoms with Crippen molar-refractivity contribution in [3.8, 4) is 0 Å². The minimum atomic E-state index is -0.297. The second-order valence-corrected chi connectivity index (χ2v) is 6.74. The number of fused-ring (bicyclic) bond motifs is 1. The zero-order chi connectivity index (χ0) is 14.1. The Morgan fingerprint density at radius 2 is 2.10 bits per heavy atom. The first-order chi connectivity index (χ1) is 9.65. The molecule has 5 heteroatoms. The van der Waals surface area contributed by atoms with Crippen LogP contribution in [0, 0.1) is 9.39 Å². The molecule has 0 saturated heterocycles. The van der Waals surface area contributed by atoms with Crippen LogP contribution in [0.5, 0.6) is 0 Å². The maximum atomic E-state index is 13.1. The highest BCUT2D eigenvalue weighted by atomic mass is 127. The Labute approximate surface area is 134 Å². The monoisotopic (exact) mass is 399 g/mol. The summed E-state index contributed by atoms with van der Waals surface area (Å²) in [5.74, 6) is 0.279. The fraction of sp³-hybridized carbons (Fsp3) is 0.133. The molecule has 1 heterocycles. The number of carbonyl (C=O) groups excluding carboxylic acids is 1. The SMILES string of the molecule is O=C(Nc1ccc(F)cc1I)C1CSc2ccccc21. The van der Waals surface area contributed by atoms with Crippen LogP contribution in [0.25, 0.3) is 0 Å². The molecule has 2 aromatic carbocycles. The summed E-state index contributed by atoms with van der Waals surface area (Å²) in [6.45, 7) is 0. The molecule has 2 aromatic rings. The van der Waals surface area contributed by atoms with Crippen molar-refractivity contribution in [1.29, 1.82) is 0 Å². The van der Waals surface area contributed by atoms with Crippen molar-refractivity contribution in [3.05, 3.63) is 57.4 Å². The van der Waals surface area contributed by atoms with E-state index in [1.54, 1.807) is 17.8 Å². The maximum Gasteiger partial charge on any atom is 0.232 e. The van der Waals surface area contributed by atoms with Crippen LogP contribution in [-0.2, 0) is 4.79 Å². The van der Waals surface area contributed by atoms with Gasteiger partial charge in [0.1, 0.15) is 5.82 Å². The van der Waals surface area contributed by atoms with Crippen molar-refractivity contribution in [2.24, 2.45) is 0 Å². The first-order valence-corrected chi connectivity index (χ1v) is 8.19. The lowest BCUT2D eigenvalue weighted by molar-refractivity contribution is -0.117. The van der Waals surface area contributed by atoms with Crippen LogP contribution in [0.2, 0.25) is 0 Å². The van der Waals surface area contributed by atoms with E-state index in [4.69, 9.17) is 0 Å². The third kappa shape index (κ3) is 2.69. The Morgan fingerprint density at radius 1 is 1.30 bits per heavy atom. The number of amides is 1. The standard InChI is InChI=1S/C15H11FINOS/c16-9-5-6-13(12(17)7-9)18-15(19)11-8-20-14-4-2-1-3-10(11)14/h1-7,11H,8H2,(H,18,19). The van der Waals surface area contributed by atoms with E-state index in [9.17, 15) is 9.18 Å². The molecule has 0 spiro atoms. The van der Waals surface area contributed by atoms with Gasteiger partial charge >= 0.3 is 0 Å². The van der Waals surface area contributed by atoms with Crippen molar-refractivity contribution in [2.45, 2.75) is 10.8 Å². The number of halogens is 2. The lowest BCUT2D eigenvalue weighted by Gasteiger charge is -2.12. The Balaban J connectivity index is 1.81. The molecule has 0 fully saturated rings. The van der Waals surface area contributed by atoms with Gasteiger partial charge < -0.3 is 5.32 Å². The summed E-state index contributed by atoms with van der Waals surface area (Å²) in [6.07, 6.45) is 0. The Kier molecular flexibility index (Phi) is 3.98. The summed E-state index contributed by atoms with van der Waals surface area (Å²) in [7, 11) is 0. The average Bonchev–Trinajstić information content (AvgIpc) is 2.86. The molecule has 0 aliphatic carbocycles. The molecule has 0 saturated carbocycles. The maximum absolute atomic E-state index is 13.1. The average molecular weight is 399 g/mol. The van der Waals surface area contributed by atoms with Crippen LogP contribution in [-0.4, -0.2) is 11.7 Å². The van der Waals surface area contributed by atoms with Crippen LogP contribution in [0.15, 0.2) is 47.4 Å². The van der Waals surface area contributed by atoms with E-state index in [0.717, 1.165) is 11.3 Å². The van der Waals surface area contributed by atoms with Gasteiger partial charge in [0.15, 0.2) is 0 Å². The zero-order valence-electron chi connectivity index (χ0n) is 10.4. The van der Waals surface area contributed by atoms with Crippen molar-refractivity contribution in [2.75, 3.05) is 11.1 Å². The van der Waals surface area contributed by atoms with Crippen LogP contribution in [0.1, 0.15) is 11.5 Å². The van der Waals surface area contributed by atoms with E-state index < -0.39 is 0 Å². The number of rotatable bonds is 2. The van der Waals surface area contributed by atoms with Crippen LogP contribution in [0.4, 0.5) is 10.1 Å². The number of thioether (sulfide) groups is 1. The van der Waals surface area contributed by atoms with Crippen LogP contribution < -0.4 is 5.32 Å². The van der Waals surface area contributed by atoms with Crippen molar-refractivity contribution in [3.63, 3.8) is 0 Å². The molecule has 2 nitrogen and oxygen atoms in total. The lowest BCUT2D eigenvalue weighted by Crippen LogP contribution is -2.21. The molecule has 3 rings (SSSR count). The van der Waals surface area contributed by atoms with Gasteiger partial charge in [-0.25, -0.2) is 4.39 Å². The van der Waals surface area contributed by atoms with E-state index in [2.05, 4.69) is 5.32 Å². The largest absolute Gasteiger partial charge is 0.325 e. The topological polar surface area (TPSA) is 29.1 Å². The van der Waals surface area contributed by atoms with E-state index in [-0.39, 0.29) is 17.6 Å². The Morgan fingerprint density at radius 3 is 2.90 bits per heavy atom. The fourth-order valence-corrected chi connectivity index (χ4v) is 4.03.